The molecule has 1 saturated heterocycles. The molecule has 1 heterocycles. The van der Waals surface area contributed by atoms with Crippen molar-refractivity contribution in [3.05, 3.63) is 29.3 Å². The largest absolute Gasteiger partial charge is 0.313 e. The predicted octanol–water partition coefficient (Wildman–Crippen LogP) is 0.938. The first-order chi connectivity index (χ1) is 8.43. The fourth-order valence-corrected chi connectivity index (χ4v) is 4.36. The lowest BCUT2D eigenvalue weighted by molar-refractivity contribution is 0.255. The minimum atomic E-state index is -3.30. The van der Waals surface area contributed by atoms with Gasteiger partial charge in [0.1, 0.15) is 5.37 Å². The van der Waals surface area contributed by atoms with Crippen molar-refractivity contribution in [1.29, 1.82) is 0 Å². The number of nitrogens with zero attached hydrogens (tertiary/aromatic N) is 1. The Kier molecular flexibility index (Phi) is 3.75. The molecule has 2 rings (SSSR count). The number of aryl methyl sites for hydroxylation is 2. The zero-order chi connectivity index (χ0) is 13.3. The van der Waals surface area contributed by atoms with Crippen LogP contribution in [-0.4, -0.2) is 45.4 Å². The Balaban J connectivity index is 2.44. The molecule has 1 aromatic rings. The van der Waals surface area contributed by atoms with Crippen molar-refractivity contribution in [1.82, 2.24) is 10.2 Å². The lowest BCUT2D eigenvalue weighted by Crippen LogP contribution is -2.52. The SMILES string of the molecule is Cc1ccc(C)c(S(=O)(=O)C2CNCCN2C)c1. The molecule has 1 unspecified atom stereocenters. The van der Waals surface area contributed by atoms with Gasteiger partial charge in [-0.05, 0) is 38.1 Å². The van der Waals surface area contributed by atoms with Crippen molar-refractivity contribution in [2.75, 3.05) is 26.7 Å². The summed E-state index contributed by atoms with van der Waals surface area (Å²) in [6, 6.07) is 5.59. The molecular formula is C13H20N2O2S. The molecular weight excluding hydrogens is 248 g/mol. The average Bonchev–Trinajstić information content (AvgIpc) is 2.32. The Labute approximate surface area is 109 Å². The van der Waals surface area contributed by atoms with Crippen LogP contribution in [0.2, 0.25) is 0 Å². The zero-order valence-corrected chi connectivity index (χ0v) is 11.9. The third-order valence-electron chi connectivity index (χ3n) is 3.46. The maximum absolute atomic E-state index is 12.7. The molecule has 100 valence electrons. The molecule has 1 N–H and O–H groups in total. The Bertz CT molecular complexity index is 540. The van der Waals surface area contributed by atoms with Gasteiger partial charge in [-0.1, -0.05) is 12.1 Å². The molecule has 0 amide bonds. The second kappa shape index (κ2) is 4.99. The van der Waals surface area contributed by atoms with Crippen molar-refractivity contribution < 1.29 is 8.42 Å². The summed E-state index contributed by atoms with van der Waals surface area (Å²) in [4.78, 5) is 2.37. The number of nitrogens with one attached hydrogen (secondary N) is 1. The molecule has 4 nitrogen and oxygen atoms in total. The first-order valence-corrected chi connectivity index (χ1v) is 7.69. The van der Waals surface area contributed by atoms with Crippen LogP contribution in [0.15, 0.2) is 23.1 Å². The van der Waals surface area contributed by atoms with Crippen molar-refractivity contribution in [2.24, 2.45) is 0 Å². The summed E-state index contributed by atoms with van der Waals surface area (Å²) in [7, 11) is -1.43. The van der Waals surface area contributed by atoms with Gasteiger partial charge in [-0.2, -0.15) is 0 Å². The van der Waals surface area contributed by atoms with Gasteiger partial charge >= 0.3 is 0 Å². The van der Waals surface area contributed by atoms with Gasteiger partial charge < -0.3 is 5.32 Å². The number of piperazine rings is 1. The van der Waals surface area contributed by atoms with Gasteiger partial charge in [0.25, 0.3) is 0 Å². The smallest absolute Gasteiger partial charge is 0.195 e. The second-order valence-corrected chi connectivity index (χ2v) is 7.03. The lowest BCUT2D eigenvalue weighted by atomic mass is 10.2. The number of hydrogen-bond donors (Lipinski definition) is 1. The molecule has 0 aromatic heterocycles. The molecule has 0 aliphatic carbocycles. The van der Waals surface area contributed by atoms with Crippen molar-refractivity contribution in [3.8, 4) is 0 Å². The molecule has 0 saturated carbocycles. The number of likely N-dealkylation sites (N-methyl/N-ethyl adjacent to an activating group) is 1. The topological polar surface area (TPSA) is 49.4 Å². The van der Waals surface area contributed by atoms with Gasteiger partial charge in [0, 0.05) is 19.6 Å². The first kappa shape index (κ1) is 13.5. The van der Waals surface area contributed by atoms with E-state index in [1.54, 1.807) is 6.07 Å². The van der Waals surface area contributed by atoms with Gasteiger partial charge in [-0.15, -0.1) is 0 Å². The van der Waals surface area contributed by atoms with Crippen LogP contribution in [0.25, 0.3) is 0 Å². The highest BCUT2D eigenvalue weighted by molar-refractivity contribution is 7.92. The lowest BCUT2D eigenvalue weighted by Gasteiger charge is -2.32. The summed E-state index contributed by atoms with van der Waals surface area (Å²) in [5, 5.41) is 2.69. The number of hydrogen-bond acceptors (Lipinski definition) is 4. The van der Waals surface area contributed by atoms with Crippen LogP contribution in [0.4, 0.5) is 0 Å². The van der Waals surface area contributed by atoms with Crippen LogP contribution < -0.4 is 5.32 Å². The van der Waals surface area contributed by atoms with Gasteiger partial charge in [0.15, 0.2) is 9.84 Å². The van der Waals surface area contributed by atoms with E-state index in [2.05, 4.69) is 5.32 Å². The van der Waals surface area contributed by atoms with Gasteiger partial charge in [0.05, 0.1) is 4.90 Å². The van der Waals surface area contributed by atoms with Gasteiger partial charge in [-0.3, -0.25) is 4.90 Å². The van der Waals surface area contributed by atoms with Crippen LogP contribution >= 0.6 is 0 Å². The Morgan fingerprint density at radius 3 is 2.72 bits per heavy atom. The van der Waals surface area contributed by atoms with Crippen LogP contribution in [0.5, 0.6) is 0 Å². The predicted molar refractivity (Wildman–Crippen MR) is 72.4 cm³/mol. The van der Waals surface area contributed by atoms with E-state index in [9.17, 15) is 8.42 Å². The molecule has 1 aliphatic heterocycles. The Morgan fingerprint density at radius 2 is 2.06 bits per heavy atom. The van der Waals surface area contributed by atoms with Crippen LogP contribution in [0.3, 0.4) is 0 Å². The maximum Gasteiger partial charge on any atom is 0.195 e. The monoisotopic (exact) mass is 268 g/mol. The Morgan fingerprint density at radius 1 is 1.33 bits per heavy atom. The maximum atomic E-state index is 12.7. The van der Waals surface area contributed by atoms with E-state index >= 15 is 0 Å². The van der Waals surface area contributed by atoms with Gasteiger partial charge in [0.2, 0.25) is 0 Å². The van der Waals surface area contributed by atoms with E-state index in [1.807, 2.05) is 37.9 Å². The number of rotatable bonds is 2. The van der Waals surface area contributed by atoms with Crippen LogP contribution in [0, 0.1) is 13.8 Å². The molecule has 1 aromatic carbocycles. The summed E-state index contributed by atoms with van der Waals surface area (Å²) in [6.45, 7) is 5.86. The van der Waals surface area contributed by atoms with E-state index in [4.69, 9.17) is 0 Å². The molecule has 0 radical (unpaired) electrons. The fraction of sp³-hybridized carbons (Fsp3) is 0.538. The minimum Gasteiger partial charge on any atom is -0.313 e. The summed E-state index contributed by atoms with van der Waals surface area (Å²) in [6.07, 6.45) is 0. The molecule has 1 fully saturated rings. The quantitative estimate of drug-likeness (QED) is 0.867. The Hall–Kier alpha value is -0.910. The summed E-state index contributed by atoms with van der Waals surface area (Å²) >= 11 is 0. The highest BCUT2D eigenvalue weighted by Gasteiger charge is 2.33. The normalized spacial score (nSPS) is 22.1. The second-order valence-electron chi connectivity index (χ2n) is 4.95. The molecule has 0 bridgehead atoms. The molecule has 1 aliphatic rings. The highest BCUT2D eigenvalue weighted by Crippen LogP contribution is 2.23. The van der Waals surface area contributed by atoms with Crippen molar-refractivity contribution >= 4 is 9.84 Å². The van der Waals surface area contributed by atoms with Crippen molar-refractivity contribution in [2.45, 2.75) is 24.1 Å². The van der Waals surface area contributed by atoms with Crippen molar-refractivity contribution in [3.63, 3.8) is 0 Å². The molecule has 18 heavy (non-hydrogen) atoms. The third-order valence-corrected chi connectivity index (χ3v) is 5.76. The fourth-order valence-electron chi connectivity index (χ4n) is 2.29. The zero-order valence-electron chi connectivity index (χ0n) is 11.1. The standard InChI is InChI=1S/C13H20N2O2S/c1-10-4-5-11(2)12(8-10)18(16,17)13-9-14-6-7-15(13)3/h4-5,8,13-14H,6-7,9H2,1-3H3. The van der Waals surface area contributed by atoms with E-state index in [0.717, 1.165) is 24.2 Å². The van der Waals surface area contributed by atoms with E-state index in [1.165, 1.54) is 0 Å². The average molecular weight is 268 g/mol. The van der Waals surface area contributed by atoms with E-state index in [0.29, 0.717) is 11.4 Å². The molecule has 0 spiro atoms. The minimum absolute atomic E-state index is 0.461. The first-order valence-electron chi connectivity index (χ1n) is 6.15. The summed E-state index contributed by atoms with van der Waals surface area (Å²) in [5.41, 5.74) is 1.80. The number of benzene rings is 1. The van der Waals surface area contributed by atoms with Crippen LogP contribution in [0.1, 0.15) is 11.1 Å². The molecule has 1 atom stereocenters. The van der Waals surface area contributed by atoms with E-state index < -0.39 is 15.2 Å². The highest BCUT2D eigenvalue weighted by atomic mass is 32.2. The van der Waals surface area contributed by atoms with E-state index in [-0.39, 0.29) is 0 Å². The van der Waals surface area contributed by atoms with Gasteiger partial charge in [-0.25, -0.2) is 8.42 Å². The summed E-state index contributed by atoms with van der Waals surface area (Å²) < 4.78 is 25.4. The molecule has 5 heteroatoms. The third kappa shape index (κ3) is 2.43. The number of sulfone groups is 1. The summed E-state index contributed by atoms with van der Waals surface area (Å²) in [5.74, 6) is 0. The van der Waals surface area contributed by atoms with Crippen LogP contribution in [-0.2, 0) is 9.84 Å².